The molecule has 0 atom stereocenters. The Morgan fingerprint density at radius 3 is 2.38 bits per heavy atom. The van der Waals surface area contributed by atoms with Crippen LogP contribution in [0.2, 0.25) is 5.02 Å². The third-order valence-electron chi connectivity index (χ3n) is 4.08. The molecule has 0 fully saturated rings. The standard InChI is InChI=1S/C22H19Br2ClFNO2/c1-2-28-21-10-15(12-27-17-7-8-18(23)20(25)11-17)9-19(24)22(21)29-13-14-3-5-16(26)6-4-14/h3-11,27H,2,12-13H2,1H3. The van der Waals surface area contributed by atoms with Crippen molar-refractivity contribution < 1.29 is 13.9 Å². The zero-order valence-electron chi connectivity index (χ0n) is 15.6. The number of rotatable bonds is 8. The van der Waals surface area contributed by atoms with Gasteiger partial charge in [-0.1, -0.05) is 23.7 Å². The lowest BCUT2D eigenvalue weighted by Crippen LogP contribution is -2.04. The quantitative estimate of drug-likeness (QED) is 0.318. The van der Waals surface area contributed by atoms with Crippen molar-refractivity contribution in [3.8, 4) is 11.5 Å². The van der Waals surface area contributed by atoms with E-state index in [9.17, 15) is 4.39 Å². The second-order valence-electron chi connectivity index (χ2n) is 6.24. The Morgan fingerprint density at radius 1 is 0.931 bits per heavy atom. The van der Waals surface area contributed by atoms with Crippen LogP contribution < -0.4 is 14.8 Å². The average Bonchev–Trinajstić information content (AvgIpc) is 2.70. The maximum Gasteiger partial charge on any atom is 0.175 e. The Balaban J connectivity index is 1.74. The van der Waals surface area contributed by atoms with E-state index >= 15 is 0 Å². The van der Waals surface area contributed by atoms with Crippen molar-refractivity contribution in [3.63, 3.8) is 0 Å². The average molecular weight is 544 g/mol. The van der Waals surface area contributed by atoms with E-state index in [-0.39, 0.29) is 5.82 Å². The highest BCUT2D eigenvalue weighted by Crippen LogP contribution is 2.38. The summed E-state index contributed by atoms with van der Waals surface area (Å²) in [7, 11) is 0. The van der Waals surface area contributed by atoms with E-state index < -0.39 is 0 Å². The fourth-order valence-electron chi connectivity index (χ4n) is 2.67. The Labute approximate surface area is 191 Å². The van der Waals surface area contributed by atoms with E-state index in [1.54, 1.807) is 12.1 Å². The highest BCUT2D eigenvalue weighted by atomic mass is 79.9. The summed E-state index contributed by atoms with van der Waals surface area (Å²) in [6.45, 7) is 3.34. The molecule has 3 nitrogen and oxygen atoms in total. The molecule has 1 N–H and O–H groups in total. The molecule has 0 bridgehead atoms. The summed E-state index contributed by atoms with van der Waals surface area (Å²) in [5, 5.41) is 4.00. The van der Waals surface area contributed by atoms with Crippen LogP contribution in [0.1, 0.15) is 18.1 Å². The first-order chi connectivity index (χ1) is 14.0. The Morgan fingerprint density at radius 2 is 1.69 bits per heavy atom. The van der Waals surface area contributed by atoms with E-state index in [2.05, 4.69) is 37.2 Å². The predicted molar refractivity (Wildman–Crippen MR) is 123 cm³/mol. The third-order valence-corrected chi connectivity index (χ3v) is 5.90. The molecule has 0 radical (unpaired) electrons. The van der Waals surface area contributed by atoms with Gasteiger partial charge in [0, 0.05) is 16.7 Å². The monoisotopic (exact) mass is 541 g/mol. The molecule has 7 heteroatoms. The summed E-state index contributed by atoms with van der Waals surface area (Å²) in [4.78, 5) is 0. The Kier molecular flexibility index (Phi) is 7.81. The molecule has 0 heterocycles. The number of hydrogen-bond donors (Lipinski definition) is 1. The summed E-state index contributed by atoms with van der Waals surface area (Å²) in [5.74, 6) is 0.995. The fraction of sp³-hybridized carbons (Fsp3) is 0.182. The van der Waals surface area contributed by atoms with E-state index in [0.29, 0.717) is 36.3 Å². The third kappa shape index (κ3) is 6.11. The zero-order chi connectivity index (χ0) is 20.8. The van der Waals surface area contributed by atoms with Crippen LogP contribution in [0, 0.1) is 5.82 Å². The van der Waals surface area contributed by atoms with Gasteiger partial charge in [0.2, 0.25) is 0 Å². The van der Waals surface area contributed by atoms with Crippen LogP contribution in [0.25, 0.3) is 0 Å². The number of halogens is 4. The van der Waals surface area contributed by atoms with Gasteiger partial charge in [-0.2, -0.15) is 0 Å². The molecule has 3 aromatic carbocycles. The van der Waals surface area contributed by atoms with E-state index in [1.807, 2.05) is 37.3 Å². The van der Waals surface area contributed by atoms with Gasteiger partial charge in [0.15, 0.2) is 11.5 Å². The molecule has 0 aromatic heterocycles. The molecule has 3 rings (SSSR count). The predicted octanol–water partition coefficient (Wildman–Crippen LogP) is 7.59. The van der Waals surface area contributed by atoms with Crippen LogP contribution in [0.3, 0.4) is 0 Å². The highest BCUT2D eigenvalue weighted by Gasteiger charge is 2.13. The summed E-state index contributed by atoms with van der Waals surface area (Å²) in [6, 6.07) is 15.9. The van der Waals surface area contributed by atoms with Gasteiger partial charge in [0.05, 0.1) is 16.1 Å². The zero-order valence-corrected chi connectivity index (χ0v) is 19.6. The largest absolute Gasteiger partial charge is 0.490 e. The van der Waals surface area contributed by atoms with E-state index in [0.717, 1.165) is 25.8 Å². The van der Waals surface area contributed by atoms with Gasteiger partial charge in [0.25, 0.3) is 0 Å². The molecule has 0 amide bonds. The summed E-state index contributed by atoms with van der Waals surface area (Å²) >= 11 is 13.1. The first kappa shape index (κ1) is 21.9. The second kappa shape index (κ2) is 10.3. The molecular weight excluding hydrogens is 525 g/mol. The minimum atomic E-state index is -0.270. The van der Waals surface area contributed by atoms with E-state index in [1.165, 1.54) is 12.1 Å². The SMILES string of the molecule is CCOc1cc(CNc2ccc(Br)c(Cl)c2)cc(Br)c1OCc1ccc(F)cc1. The minimum Gasteiger partial charge on any atom is -0.490 e. The lowest BCUT2D eigenvalue weighted by molar-refractivity contribution is 0.267. The van der Waals surface area contributed by atoms with Gasteiger partial charge in [0.1, 0.15) is 12.4 Å². The maximum absolute atomic E-state index is 13.1. The molecule has 152 valence electrons. The fourth-order valence-corrected chi connectivity index (χ4v) is 3.70. The van der Waals surface area contributed by atoms with Crippen molar-refractivity contribution in [1.82, 2.24) is 0 Å². The van der Waals surface area contributed by atoms with Crippen LogP contribution in [-0.2, 0) is 13.2 Å². The van der Waals surface area contributed by atoms with Crippen LogP contribution in [0.15, 0.2) is 63.5 Å². The molecule has 29 heavy (non-hydrogen) atoms. The Hall–Kier alpha value is -1.76. The smallest absolute Gasteiger partial charge is 0.175 e. The normalized spacial score (nSPS) is 10.7. The first-order valence-corrected chi connectivity index (χ1v) is 10.9. The minimum absolute atomic E-state index is 0.270. The molecule has 0 aliphatic carbocycles. The van der Waals surface area contributed by atoms with Gasteiger partial charge < -0.3 is 14.8 Å². The molecule has 0 saturated carbocycles. The van der Waals surface area contributed by atoms with Crippen molar-refractivity contribution in [2.24, 2.45) is 0 Å². The van der Waals surface area contributed by atoms with Gasteiger partial charge >= 0.3 is 0 Å². The number of hydrogen-bond acceptors (Lipinski definition) is 3. The number of benzene rings is 3. The van der Waals surface area contributed by atoms with Crippen molar-refractivity contribution in [2.75, 3.05) is 11.9 Å². The van der Waals surface area contributed by atoms with Crippen molar-refractivity contribution in [2.45, 2.75) is 20.1 Å². The first-order valence-electron chi connectivity index (χ1n) is 8.97. The van der Waals surface area contributed by atoms with Crippen molar-refractivity contribution >= 4 is 49.1 Å². The summed E-state index contributed by atoms with van der Waals surface area (Å²) < 4.78 is 26.5. The number of anilines is 1. The summed E-state index contributed by atoms with van der Waals surface area (Å²) in [6.07, 6.45) is 0. The molecule has 0 aliphatic heterocycles. The van der Waals surface area contributed by atoms with Gasteiger partial charge in [-0.3, -0.25) is 0 Å². The maximum atomic E-state index is 13.1. The molecular formula is C22H19Br2ClFNO2. The van der Waals surface area contributed by atoms with Gasteiger partial charge in [-0.25, -0.2) is 4.39 Å². The number of ether oxygens (including phenoxy) is 2. The lowest BCUT2D eigenvalue weighted by atomic mass is 10.2. The van der Waals surface area contributed by atoms with Crippen molar-refractivity contribution in [1.29, 1.82) is 0 Å². The summed E-state index contributed by atoms with van der Waals surface area (Å²) in [5.41, 5.74) is 2.82. The van der Waals surface area contributed by atoms with Gasteiger partial charge in [-0.05, 0) is 92.4 Å². The van der Waals surface area contributed by atoms with Gasteiger partial charge in [-0.15, -0.1) is 0 Å². The van der Waals surface area contributed by atoms with Crippen LogP contribution in [-0.4, -0.2) is 6.61 Å². The van der Waals surface area contributed by atoms with Crippen LogP contribution in [0.5, 0.6) is 11.5 Å². The van der Waals surface area contributed by atoms with Crippen molar-refractivity contribution in [3.05, 3.63) is 85.5 Å². The van der Waals surface area contributed by atoms with Crippen LogP contribution >= 0.6 is 43.5 Å². The van der Waals surface area contributed by atoms with E-state index in [4.69, 9.17) is 21.1 Å². The molecule has 0 saturated heterocycles. The van der Waals surface area contributed by atoms with Crippen LogP contribution in [0.4, 0.5) is 10.1 Å². The Bertz CT molecular complexity index is 983. The molecule has 3 aromatic rings. The number of nitrogens with one attached hydrogen (secondary N) is 1. The second-order valence-corrected chi connectivity index (χ2v) is 8.35. The molecule has 0 aliphatic rings. The highest BCUT2D eigenvalue weighted by molar-refractivity contribution is 9.10. The topological polar surface area (TPSA) is 30.5 Å². The lowest BCUT2D eigenvalue weighted by Gasteiger charge is -2.16. The molecule has 0 unspecified atom stereocenters. The molecule has 0 spiro atoms.